The number of carbonyl (C=O) groups excluding carboxylic acids is 1. The van der Waals surface area contributed by atoms with Gasteiger partial charge in [0, 0.05) is 32.1 Å². The summed E-state index contributed by atoms with van der Waals surface area (Å²) in [6, 6.07) is 5.08. The van der Waals surface area contributed by atoms with Crippen molar-refractivity contribution >= 4 is 56.0 Å². The number of benzene rings is 2. The average Bonchev–Trinajstić information content (AvgIpc) is 2.92. The van der Waals surface area contributed by atoms with E-state index in [4.69, 9.17) is 14.2 Å². The third-order valence-corrected chi connectivity index (χ3v) is 5.81. The van der Waals surface area contributed by atoms with Crippen LogP contribution in [-0.4, -0.2) is 61.9 Å². The van der Waals surface area contributed by atoms with Crippen LogP contribution in [0.3, 0.4) is 0 Å². The Kier molecular flexibility index (Phi) is 13.5. The molecule has 2 aromatic carbocycles. The fraction of sp³-hybridized carbons (Fsp3) is 0.346. The molecule has 41 heavy (non-hydrogen) atoms. The van der Waals surface area contributed by atoms with Crippen LogP contribution in [0.1, 0.15) is 13.8 Å². The number of hydrogen-bond donors (Lipinski definition) is 1. The monoisotopic (exact) mass is 634 g/mol. The molecule has 0 aliphatic carbocycles. The highest BCUT2D eigenvalue weighted by molar-refractivity contribution is 9.10. The molecular formula is C26H31BrN6O8. The molecule has 0 aromatic heterocycles. The van der Waals surface area contributed by atoms with Crippen LogP contribution in [0.5, 0.6) is 5.75 Å². The van der Waals surface area contributed by atoms with Gasteiger partial charge in [-0.15, -0.1) is 23.4 Å². The number of rotatable bonds is 18. The van der Waals surface area contributed by atoms with Crippen LogP contribution in [0, 0.1) is 20.2 Å². The van der Waals surface area contributed by atoms with E-state index in [-0.39, 0.29) is 21.5 Å². The molecule has 0 saturated heterocycles. The topological polar surface area (TPSA) is 171 Å². The zero-order chi connectivity index (χ0) is 30.4. The quantitative estimate of drug-likeness (QED) is 0.0654. The predicted molar refractivity (Wildman–Crippen MR) is 158 cm³/mol. The van der Waals surface area contributed by atoms with Gasteiger partial charge in [0.15, 0.2) is 5.69 Å². The number of hydrogen-bond acceptors (Lipinski definition) is 11. The molecule has 0 atom stereocenters. The van der Waals surface area contributed by atoms with Gasteiger partial charge in [-0.1, -0.05) is 12.2 Å². The van der Waals surface area contributed by atoms with Crippen molar-refractivity contribution in [2.45, 2.75) is 13.8 Å². The summed E-state index contributed by atoms with van der Waals surface area (Å²) < 4.78 is 17.0. The number of nitro groups is 2. The molecule has 0 spiro atoms. The van der Waals surface area contributed by atoms with Gasteiger partial charge in [-0.3, -0.25) is 25.0 Å². The van der Waals surface area contributed by atoms with E-state index < -0.39 is 27.1 Å². The van der Waals surface area contributed by atoms with Crippen molar-refractivity contribution < 1.29 is 28.9 Å². The van der Waals surface area contributed by atoms with E-state index >= 15 is 0 Å². The second kappa shape index (κ2) is 16.8. The highest BCUT2D eigenvalue weighted by Crippen LogP contribution is 2.43. The summed E-state index contributed by atoms with van der Waals surface area (Å²) in [6.07, 6.45) is 3.29. The van der Waals surface area contributed by atoms with Gasteiger partial charge in [-0.2, -0.15) is 0 Å². The molecule has 2 aromatic rings. The summed E-state index contributed by atoms with van der Waals surface area (Å²) >= 11 is 3.11. The maximum absolute atomic E-state index is 12.1. The summed E-state index contributed by atoms with van der Waals surface area (Å²) in [5.74, 6) is 0.00879. The number of nitrogens with one attached hydrogen (secondary N) is 1. The Labute approximate surface area is 245 Å². The molecule has 0 aliphatic rings. The maximum atomic E-state index is 12.1. The summed E-state index contributed by atoms with van der Waals surface area (Å²) in [7, 11) is 0. The van der Waals surface area contributed by atoms with Gasteiger partial charge in [0.05, 0.1) is 64.8 Å². The number of nitro benzene ring substituents is 2. The van der Waals surface area contributed by atoms with Crippen molar-refractivity contribution in [3.63, 3.8) is 0 Å². The largest absolute Gasteiger partial charge is 0.492 e. The standard InChI is InChI=1S/C26H31BrN6O8/c1-5-10-39-12-8-31(9-13-40-11-6-2)23-16-21(28-18(4)34)22(17-25(23)41-7-3)29-30-26-20(27)14-19(32(35)36)15-24(26)33(37)38/h5-6,14-17H,1-2,7-13H2,3-4H3,(H,28,34). The van der Waals surface area contributed by atoms with Crippen molar-refractivity contribution in [3.8, 4) is 5.75 Å². The van der Waals surface area contributed by atoms with E-state index in [2.05, 4.69) is 44.6 Å². The average molecular weight is 635 g/mol. The molecule has 0 unspecified atom stereocenters. The lowest BCUT2D eigenvalue weighted by Gasteiger charge is -2.27. The lowest BCUT2D eigenvalue weighted by Crippen LogP contribution is -2.31. The van der Waals surface area contributed by atoms with E-state index in [0.717, 1.165) is 12.1 Å². The van der Waals surface area contributed by atoms with Crippen molar-refractivity contribution in [2.24, 2.45) is 10.2 Å². The van der Waals surface area contributed by atoms with Gasteiger partial charge in [0.2, 0.25) is 5.91 Å². The minimum Gasteiger partial charge on any atom is -0.492 e. The van der Waals surface area contributed by atoms with E-state index in [0.29, 0.717) is 57.6 Å². The number of carbonyl (C=O) groups is 1. The first kappa shape index (κ1) is 33.0. The van der Waals surface area contributed by atoms with Crippen LogP contribution >= 0.6 is 15.9 Å². The molecule has 0 saturated carbocycles. The van der Waals surface area contributed by atoms with E-state index in [1.807, 2.05) is 4.90 Å². The van der Waals surface area contributed by atoms with Gasteiger partial charge < -0.3 is 24.4 Å². The smallest absolute Gasteiger partial charge is 0.304 e. The normalized spacial score (nSPS) is 10.8. The first-order chi connectivity index (χ1) is 19.6. The Balaban J connectivity index is 2.62. The number of ether oxygens (including phenoxy) is 3. The highest BCUT2D eigenvalue weighted by Gasteiger charge is 2.24. The van der Waals surface area contributed by atoms with Crippen LogP contribution in [0.2, 0.25) is 0 Å². The molecule has 1 amide bonds. The zero-order valence-corrected chi connectivity index (χ0v) is 24.3. The number of azo groups is 1. The Bertz CT molecular complexity index is 1290. The summed E-state index contributed by atoms with van der Waals surface area (Å²) in [5.41, 5.74) is -0.346. The summed E-state index contributed by atoms with van der Waals surface area (Å²) in [5, 5.41) is 33.7. The first-order valence-electron chi connectivity index (χ1n) is 12.4. The molecule has 1 N–H and O–H groups in total. The fourth-order valence-corrected chi connectivity index (χ4v) is 4.02. The molecule has 2 rings (SSSR count). The molecule has 0 aliphatic heterocycles. The maximum Gasteiger partial charge on any atom is 0.304 e. The van der Waals surface area contributed by atoms with Crippen LogP contribution in [0.4, 0.5) is 34.1 Å². The number of halogens is 1. The zero-order valence-electron chi connectivity index (χ0n) is 22.7. The second-order valence-electron chi connectivity index (χ2n) is 8.18. The third-order valence-electron chi connectivity index (χ3n) is 5.20. The third kappa shape index (κ3) is 10.0. The Morgan fingerprint density at radius 1 is 1.05 bits per heavy atom. The lowest BCUT2D eigenvalue weighted by molar-refractivity contribution is -0.393. The second-order valence-corrected chi connectivity index (χ2v) is 9.03. The molecule has 15 heteroatoms. The van der Waals surface area contributed by atoms with Crippen molar-refractivity contribution in [1.29, 1.82) is 0 Å². The van der Waals surface area contributed by atoms with E-state index in [1.54, 1.807) is 31.2 Å². The molecule has 220 valence electrons. The van der Waals surface area contributed by atoms with Gasteiger partial charge in [0.25, 0.3) is 5.69 Å². The molecule has 0 bridgehead atoms. The van der Waals surface area contributed by atoms with Crippen molar-refractivity contribution in [1.82, 2.24) is 0 Å². The number of anilines is 2. The van der Waals surface area contributed by atoms with Crippen molar-refractivity contribution in [2.75, 3.05) is 56.3 Å². The van der Waals surface area contributed by atoms with E-state index in [9.17, 15) is 25.0 Å². The molecule has 0 heterocycles. The molecule has 14 nitrogen and oxygen atoms in total. The summed E-state index contributed by atoms with van der Waals surface area (Å²) in [4.78, 5) is 35.3. The van der Waals surface area contributed by atoms with E-state index in [1.165, 1.54) is 6.92 Å². The van der Waals surface area contributed by atoms with Gasteiger partial charge in [-0.25, -0.2) is 0 Å². The molecular weight excluding hydrogens is 604 g/mol. The minimum atomic E-state index is -0.795. The minimum absolute atomic E-state index is 0.00453. The van der Waals surface area contributed by atoms with Gasteiger partial charge in [-0.05, 0) is 28.9 Å². The molecule has 0 radical (unpaired) electrons. The lowest BCUT2D eigenvalue weighted by atomic mass is 10.2. The highest BCUT2D eigenvalue weighted by atomic mass is 79.9. The van der Waals surface area contributed by atoms with Crippen LogP contribution in [-0.2, 0) is 14.3 Å². The fourth-order valence-electron chi connectivity index (χ4n) is 3.50. The Morgan fingerprint density at radius 3 is 2.20 bits per heavy atom. The van der Waals surface area contributed by atoms with Crippen LogP contribution < -0.4 is 15.0 Å². The SMILES string of the molecule is C=CCOCCN(CCOCC=C)c1cc(NC(C)=O)c(N=Nc2c(Br)cc([N+](=O)[O-])cc2[N+](=O)[O-])cc1OCC. The van der Waals surface area contributed by atoms with Gasteiger partial charge in [0.1, 0.15) is 11.4 Å². The van der Waals surface area contributed by atoms with Gasteiger partial charge >= 0.3 is 5.69 Å². The predicted octanol–water partition coefficient (Wildman–Crippen LogP) is 6.25. The Hall–Kier alpha value is -4.21. The van der Waals surface area contributed by atoms with Crippen LogP contribution in [0.25, 0.3) is 0 Å². The summed E-state index contributed by atoms with van der Waals surface area (Å²) in [6.45, 7) is 13.1. The molecule has 0 fully saturated rings. The number of non-ortho nitro benzene ring substituents is 1. The first-order valence-corrected chi connectivity index (χ1v) is 13.2. The Morgan fingerprint density at radius 2 is 1.68 bits per heavy atom. The van der Waals surface area contributed by atoms with Crippen LogP contribution in [0.15, 0.2) is 64.3 Å². The number of amides is 1. The number of nitrogens with zero attached hydrogens (tertiary/aromatic N) is 5. The van der Waals surface area contributed by atoms with Crippen molar-refractivity contribution in [3.05, 3.63) is 74.3 Å².